The van der Waals surface area contributed by atoms with Crippen LogP contribution in [-0.2, 0) is 4.74 Å². The maximum absolute atomic E-state index is 5.78. The van der Waals surface area contributed by atoms with Gasteiger partial charge in [0, 0.05) is 6.61 Å². The molecule has 0 aromatic heterocycles. The largest absolute Gasteiger partial charge is 0.379 e. The molecule has 0 heterocycles. The normalized spacial score (nSPS) is 34.9. The van der Waals surface area contributed by atoms with E-state index in [1.165, 1.54) is 70.6 Å². The van der Waals surface area contributed by atoms with Crippen LogP contribution in [0.5, 0.6) is 0 Å². The molecule has 1 nitrogen and oxygen atoms in total. The molecule has 116 valence electrons. The molecule has 2 rings (SSSR count). The van der Waals surface area contributed by atoms with Gasteiger partial charge in [0.2, 0.25) is 0 Å². The molecule has 20 heavy (non-hydrogen) atoms. The highest BCUT2D eigenvalue weighted by Crippen LogP contribution is 2.41. The van der Waals surface area contributed by atoms with E-state index in [-0.39, 0.29) is 0 Å². The summed E-state index contributed by atoms with van der Waals surface area (Å²) in [6, 6.07) is 0. The standard InChI is InChI=1S/C19H34O/c1-3-5-6-7-16-8-10-17(11-9-16)18-12-14-19(15-13-18)20-4-2/h3,16-19H,1,4-15H2,2H3/t16-,17-,18-,19-. The first-order valence-corrected chi connectivity index (χ1v) is 9.06. The Morgan fingerprint density at radius 1 is 0.950 bits per heavy atom. The van der Waals surface area contributed by atoms with Crippen LogP contribution in [0.1, 0.15) is 77.6 Å². The monoisotopic (exact) mass is 278 g/mol. The minimum Gasteiger partial charge on any atom is -0.379 e. The summed E-state index contributed by atoms with van der Waals surface area (Å²) in [6.07, 6.45) is 18.1. The van der Waals surface area contributed by atoms with Crippen LogP contribution in [0.2, 0.25) is 0 Å². The van der Waals surface area contributed by atoms with E-state index in [0.29, 0.717) is 6.10 Å². The molecule has 0 aromatic rings. The van der Waals surface area contributed by atoms with Gasteiger partial charge in [0.25, 0.3) is 0 Å². The average Bonchev–Trinajstić information content (AvgIpc) is 2.49. The van der Waals surface area contributed by atoms with E-state index in [1.54, 1.807) is 0 Å². The van der Waals surface area contributed by atoms with Gasteiger partial charge in [0.15, 0.2) is 0 Å². The molecule has 0 bridgehead atoms. The van der Waals surface area contributed by atoms with Crippen molar-refractivity contribution in [1.29, 1.82) is 0 Å². The molecule has 0 aliphatic heterocycles. The summed E-state index contributed by atoms with van der Waals surface area (Å²) >= 11 is 0. The van der Waals surface area contributed by atoms with E-state index in [1.807, 2.05) is 0 Å². The van der Waals surface area contributed by atoms with Crippen molar-refractivity contribution < 1.29 is 4.74 Å². The lowest BCUT2D eigenvalue weighted by atomic mass is 9.70. The first-order chi connectivity index (χ1) is 9.83. The van der Waals surface area contributed by atoms with Gasteiger partial charge in [0.1, 0.15) is 0 Å². The summed E-state index contributed by atoms with van der Waals surface area (Å²) in [7, 11) is 0. The molecule has 0 unspecified atom stereocenters. The van der Waals surface area contributed by atoms with E-state index >= 15 is 0 Å². The van der Waals surface area contributed by atoms with Gasteiger partial charge in [-0.1, -0.05) is 25.3 Å². The van der Waals surface area contributed by atoms with Crippen molar-refractivity contribution >= 4 is 0 Å². The molecular formula is C19H34O. The van der Waals surface area contributed by atoms with E-state index < -0.39 is 0 Å². The number of unbranched alkanes of at least 4 members (excludes halogenated alkanes) is 1. The van der Waals surface area contributed by atoms with Crippen LogP contribution < -0.4 is 0 Å². The second-order valence-corrected chi connectivity index (χ2v) is 6.99. The molecule has 0 spiro atoms. The SMILES string of the molecule is C=CCCC[C@H]1CC[C@H]([C@H]2CC[C@H](OCC)CC2)CC1. The predicted octanol–water partition coefficient (Wildman–Crippen LogP) is 5.74. The average molecular weight is 278 g/mol. The van der Waals surface area contributed by atoms with E-state index in [0.717, 1.165) is 24.4 Å². The van der Waals surface area contributed by atoms with Crippen molar-refractivity contribution in [3.8, 4) is 0 Å². The number of ether oxygens (including phenoxy) is 1. The van der Waals surface area contributed by atoms with Crippen molar-refractivity contribution in [3.63, 3.8) is 0 Å². The van der Waals surface area contributed by atoms with E-state index in [2.05, 4.69) is 19.6 Å². The van der Waals surface area contributed by atoms with Crippen LogP contribution in [0.15, 0.2) is 12.7 Å². The highest BCUT2D eigenvalue weighted by molar-refractivity contribution is 4.82. The quantitative estimate of drug-likeness (QED) is 0.426. The number of rotatable bonds is 7. The molecule has 0 radical (unpaired) electrons. The van der Waals surface area contributed by atoms with Crippen LogP contribution in [0, 0.1) is 17.8 Å². The fourth-order valence-electron chi connectivity index (χ4n) is 4.46. The van der Waals surface area contributed by atoms with E-state index in [9.17, 15) is 0 Å². The highest BCUT2D eigenvalue weighted by Gasteiger charge is 2.30. The molecule has 1 heteroatoms. The smallest absolute Gasteiger partial charge is 0.0575 e. The van der Waals surface area contributed by atoms with Gasteiger partial charge >= 0.3 is 0 Å². The fraction of sp³-hybridized carbons (Fsp3) is 0.895. The molecular weight excluding hydrogens is 244 g/mol. The van der Waals surface area contributed by atoms with Gasteiger partial charge in [-0.05, 0) is 76.0 Å². The van der Waals surface area contributed by atoms with Gasteiger partial charge in [-0.15, -0.1) is 6.58 Å². The Labute approximate surface area is 126 Å². The Balaban J connectivity index is 1.63. The van der Waals surface area contributed by atoms with Crippen molar-refractivity contribution in [2.24, 2.45) is 17.8 Å². The van der Waals surface area contributed by atoms with Crippen LogP contribution in [0.25, 0.3) is 0 Å². The van der Waals surface area contributed by atoms with Crippen molar-refractivity contribution in [1.82, 2.24) is 0 Å². The fourth-order valence-corrected chi connectivity index (χ4v) is 4.46. The molecule has 2 aliphatic carbocycles. The zero-order chi connectivity index (χ0) is 14.2. The van der Waals surface area contributed by atoms with Gasteiger partial charge in [-0.2, -0.15) is 0 Å². The molecule has 2 saturated carbocycles. The molecule has 0 amide bonds. The summed E-state index contributed by atoms with van der Waals surface area (Å²) in [5.74, 6) is 3.07. The lowest BCUT2D eigenvalue weighted by Crippen LogP contribution is -2.28. The zero-order valence-corrected chi connectivity index (χ0v) is 13.5. The van der Waals surface area contributed by atoms with Crippen LogP contribution in [0.4, 0.5) is 0 Å². The minimum atomic E-state index is 0.575. The second-order valence-electron chi connectivity index (χ2n) is 6.99. The first-order valence-electron chi connectivity index (χ1n) is 9.06. The molecule has 2 aliphatic rings. The third kappa shape index (κ3) is 4.91. The first kappa shape index (κ1) is 16.1. The Bertz CT molecular complexity index is 257. The summed E-state index contributed by atoms with van der Waals surface area (Å²) in [5, 5.41) is 0. The predicted molar refractivity (Wildman–Crippen MR) is 86.9 cm³/mol. The Morgan fingerprint density at radius 3 is 2.10 bits per heavy atom. The second kappa shape index (κ2) is 8.87. The Kier molecular flexibility index (Phi) is 7.13. The number of hydrogen-bond donors (Lipinski definition) is 0. The lowest BCUT2D eigenvalue weighted by molar-refractivity contribution is 0.0134. The molecule has 0 aromatic carbocycles. The maximum atomic E-state index is 5.78. The van der Waals surface area contributed by atoms with Crippen molar-refractivity contribution in [2.45, 2.75) is 83.7 Å². The molecule has 2 fully saturated rings. The summed E-state index contributed by atoms with van der Waals surface area (Å²) in [4.78, 5) is 0. The van der Waals surface area contributed by atoms with Crippen molar-refractivity contribution in [3.05, 3.63) is 12.7 Å². The Morgan fingerprint density at radius 2 is 1.55 bits per heavy atom. The van der Waals surface area contributed by atoms with Gasteiger partial charge < -0.3 is 4.74 Å². The third-order valence-electron chi connectivity index (χ3n) is 5.70. The topological polar surface area (TPSA) is 9.23 Å². The van der Waals surface area contributed by atoms with Gasteiger partial charge in [-0.25, -0.2) is 0 Å². The molecule has 0 saturated heterocycles. The summed E-state index contributed by atoms with van der Waals surface area (Å²) < 4.78 is 5.78. The van der Waals surface area contributed by atoms with Crippen LogP contribution in [0.3, 0.4) is 0 Å². The number of allylic oxidation sites excluding steroid dienone is 1. The molecule has 0 N–H and O–H groups in total. The van der Waals surface area contributed by atoms with Gasteiger partial charge in [-0.3, -0.25) is 0 Å². The third-order valence-corrected chi connectivity index (χ3v) is 5.70. The van der Waals surface area contributed by atoms with Crippen molar-refractivity contribution in [2.75, 3.05) is 6.61 Å². The maximum Gasteiger partial charge on any atom is 0.0575 e. The highest BCUT2D eigenvalue weighted by atomic mass is 16.5. The summed E-state index contributed by atoms with van der Waals surface area (Å²) in [5.41, 5.74) is 0. The van der Waals surface area contributed by atoms with E-state index in [4.69, 9.17) is 4.74 Å². The lowest BCUT2D eigenvalue weighted by Gasteiger charge is -2.37. The van der Waals surface area contributed by atoms with Crippen LogP contribution >= 0.6 is 0 Å². The minimum absolute atomic E-state index is 0.575. The zero-order valence-electron chi connectivity index (χ0n) is 13.5. The van der Waals surface area contributed by atoms with Gasteiger partial charge in [0.05, 0.1) is 6.10 Å². The molecule has 0 atom stereocenters. The summed E-state index contributed by atoms with van der Waals surface area (Å²) in [6.45, 7) is 6.84. The van der Waals surface area contributed by atoms with Crippen LogP contribution in [-0.4, -0.2) is 12.7 Å². The Hall–Kier alpha value is -0.300. The number of hydrogen-bond acceptors (Lipinski definition) is 1.